The second kappa shape index (κ2) is 3.33. The molecule has 1 N–H and O–H groups in total. The minimum Gasteiger partial charge on any atom is -0.493 e. The summed E-state index contributed by atoms with van der Waals surface area (Å²) in [5.74, 6) is -0.494. The van der Waals surface area contributed by atoms with Crippen LogP contribution in [0.15, 0.2) is 42.6 Å². The highest BCUT2D eigenvalue weighted by molar-refractivity contribution is 5.96. The Bertz CT molecular complexity index is 448. The number of rotatable bonds is 1. The molecule has 70 valence electrons. The molecule has 1 heterocycles. The zero-order valence-corrected chi connectivity index (χ0v) is 7.29. The maximum absolute atomic E-state index is 11.7. The number of hydrogen-bond donors (Lipinski definition) is 1. The highest BCUT2D eigenvalue weighted by Crippen LogP contribution is 2.09. The first-order valence-electron chi connectivity index (χ1n) is 4.12. The Kier molecular flexibility index (Phi) is 2.02. The van der Waals surface area contributed by atoms with E-state index in [1.165, 1.54) is 12.3 Å². The molecule has 1 aromatic carbocycles. The maximum atomic E-state index is 11.7. The molecule has 0 aliphatic carbocycles. The van der Waals surface area contributed by atoms with Gasteiger partial charge in [-0.15, -0.1) is 0 Å². The fourth-order valence-electron chi connectivity index (χ4n) is 1.16. The molecule has 0 saturated carbocycles. The third kappa shape index (κ3) is 1.37. The van der Waals surface area contributed by atoms with E-state index in [1.54, 1.807) is 24.3 Å². The Morgan fingerprint density at radius 2 is 1.93 bits per heavy atom. The Morgan fingerprint density at radius 1 is 1.21 bits per heavy atom. The van der Waals surface area contributed by atoms with Crippen LogP contribution in [-0.4, -0.2) is 20.8 Å². The van der Waals surface area contributed by atoms with Gasteiger partial charge < -0.3 is 5.11 Å². The maximum Gasteiger partial charge on any atom is 0.281 e. The van der Waals surface area contributed by atoms with E-state index in [2.05, 4.69) is 5.10 Å². The molecule has 0 radical (unpaired) electrons. The number of benzene rings is 1. The standard InChI is InChI=1S/C10H8N2O2/c13-9-6-7-11-12(9)10(14)8-4-2-1-3-5-8/h1-7,13H. The van der Waals surface area contributed by atoms with E-state index in [1.807, 2.05) is 6.07 Å². The Hall–Kier alpha value is -2.10. The van der Waals surface area contributed by atoms with Crippen LogP contribution < -0.4 is 0 Å². The van der Waals surface area contributed by atoms with Crippen molar-refractivity contribution in [1.82, 2.24) is 9.78 Å². The van der Waals surface area contributed by atoms with Gasteiger partial charge in [-0.1, -0.05) is 18.2 Å². The van der Waals surface area contributed by atoms with Gasteiger partial charge in [0, 0.05) is 11.6 Å². The molecule has 4 heteroatoms. The van der Waals surface area contributed by atoms with Crippen LogP contribution in [0.4, 0.5) is 0 Å². The van der Waals surface area contributed by atoms with Crippen molar-refractivity contribution in [2.45, 2.75) is 0 Å². The molecule has 0 unspecified atom stereocenters. The fraction of sp³-hybridized carbons (Fsp3) is 0. The smallest absolute Gasteiger partial charge is 0.281 e. The van der Waals surface area contributed by atoms with Gasteiger partial charge in [0.1, 0.15) is 0 Å². The summed E-state index contributed by atoms with van der Waals surface area (Å²) in [6.07, 6.45) is 1.37. The molecule has 0 aliphatic heterocycles. The molecule has 0 amide bonds. The van der Waals surface area contributed by atoms with Crippen molar-refractivity contribution in [2.75, 3.05) is 0 Å². The highest BCUT2D eigenvalue weighted by atomic mass is 16.3. The van der Waals surface area contributed by atoms with Crippen molar-refractivity contribution in [3.05, 3.63) is 48.2 Å². The monoisotopic (exact) mass is 188 g/mol. The van der Waals surface area contributed by atoms with Gasteiger partial charge >= 0.3 is 0 Å². The van der Waals surface area contributed by atoms with E-state index in [9.17, 15) is 9.90 Å². The molecule has 0 bridgehead atoms. The number of hydrogen-bond acceptors (Lipinski definition) is 3. The summed E-state index contributed by atoms with van der Waals surface area (Å²) in [5, 5.41) is 13.0. The molecule has 0 saturated heterocycles. The normalized spacial score (nSPS) is 10.0. The largest absolute Gasteiger partial charge is 0.493 e. The number of aromatic hydroxyl groups is 1. The van der Waals surface area contributed by atoms with Gasteiger partial charge in [-0.3, -0.25) is 4.79 Å². The van der Waals surface area contributed by atoms with Crippen LogP contribution in [0.5, 0.6) is 5.88 Å². The molecular formula is C10H8N2O2. The molecule has 0 fully saturated rings. The topological polar surface area (TPSA) is 55.1 Å². The van der Waals surface area contributed by atoms with Gasteiger partial charge in [0.25, 0.3) is 5.91 Å². The molecule has 4 nitrogen and oxygen atoms in total. The first kappa shape index (κ1) is 8.50. The van der Waals surface area contributed by atoms with Crippen molar-refractivity contribution in [2.24, 2.45) is 0 Å². The highest BCUT2D eigenvalue weighted by Gasteiger charge is 2.11. The molecule has 14 heavy (non-hydrogen) atoms. The summed E-state index contributed by atoms with van der Waals surface area (Å²) >= 11 is 0. The molecular weight excluding hydrogens is 180 g/mol. The van der Waals surface area contributed by atoms with Crippen LogP contribution in [0.3, 0.4) is 0 Å². The van der Waals surface area contributed by atoms with Crippen LogP contribution in [0.2, 0.25) is 0 Å². The predicted molar refractivity (Wildman–Crippen MR) is 50.1 cm³/mol. The second-order valence-corrected chi connectivity index (χ2v) is 2.77. The Balaban J connectivity index is 2.39. The Morgan fingerprint density at radius 3 is 2.50 bits per heavy atom. The van der Waals surface area contributed by atoms with Crippen molar-refractivity contribution >= 4 is 5.91 Å². The van der Waals surface area contributed by atoms with Gasteiger partial charge in [-0.05, 0) is 12.1 Å². The van der Waals surface area contributed by atoms with Crippen molar-refractivity contribution in [1.29, 1.82) is 0 Å². The van der Waals surface area contributed by atoms with Gasteiger partial charge in [0.2, 0.25) is 5.88 Å². The number of nitrogens with zero attached hydrogens (tertiary/aromatic N) is 2. The van der Waals surface area contributed by atoms with E-state index < -0.39 is 0 Å². The van der Waals surface area contributed by atoms with Crippen LogP contribution >= 0.6 is 0 Å². The van der Waals surface area contributed by atoms with E-state index in [0.29, 0.717) is 5.56 Å². The SMILES string of the molecule is O=C(c1ccccc1)n1nccc1O. The van der Waals surface area contributed by atoms with Gasteiger partial charge in [-0.2, -0.15) is 9.78 Å². The molecule has 2 aromatic rings. The molecule has 0 aliphatic rings. The van der Waals surface area contributed by atoms with Crippen LogP contribution in [0.1, 0.15) is 10.4 Å². The summed E-state index contributed by atoms with van der Waals surface area (Å²) in [6, 6.07) is 10.0. The summed E-state index contributed by atoms with van der Waals surface area (Å²) in [5.41, 5.74) is 0.492. The third-order valence-electron chi connectivity index (χ3n) is 1.84. The average molecular weight is 188 g/mol. The molecule has 1 aromatic heterocycles. The van der Waals surface area contributed by atoms with Crippen LogP contribution in [-0.2, 0) is 0 Å². The van der Waals surface area contributed by atoms with E-state index >= 15 is 0 Å². The zero-order valence-electron chi connectivity index (χ0n) is 7.29. The van der Waals surface area contributed by atoms with Crippen LogP contribution in [0, 0.1) is 0 Å². The lowest BCUT2D eigenvalue weighted by Gasteiger charge is -2.00. The lowest BCUT2D eigenvalue weighted by molar-refractivity contribution is 0.0935. The van der Waals surface area contributed by atoms with Crippen molar-refractivity contribution < 1.29 is 9.90 Å². The summed E-state index contributed by atoms with van der Waals surface area (Å²) in [7, 11) is 0. The third-order valence-corrected chi connectivity index (χ3v) is 1.84. The summed E-state index contributed by atoms with van der Waals surface area (Å²) in [6.45, 7) is 0. The Labute approximate surface area is 80.4 Å². The summed E-state index contributed by atoms with van der Waals surface area (Å²) in [4.78, 5) is 11.7. The van der Waals surface area contributed by atoms with Gasteiger partial charge in [-0.25, -0.2) is 0 Å². The van der Waals surface area contributed by atoms with Gasteiger partial charge in [0.05, 0.1) is 6.20 Å². The molecule has 2 rings (SSSR count). The first-order valence-corrected chi connectivity index (χ1v) is 4.12. The van der Waals surface area contributed by atoms with Gasteiger partial charge in [0.15, 0.2) is 0 Å². The van der Waals surface area contributed by atoms with Crippen LogP contribution in [0.25, 0.3) is 0 Å². The molecule has 0 atom stereocenters. The van der Waals surface area contributed by atoms with E-state index in [4.69, 9.17) is 0 Å². The second-order valence-electron chi connectivity index (χ2n) is 2.77. The number of carbonyl (C=O) groups excluding carboxylic acids is 1. The average Bonchev–Trinajstić information content (AvgIpc) is 2.65. The zero-order chi connectivity index (χ0) is 9.97. The minimum absolute atomic E-state index is 0.154. The quantitative estimate of drug-likeness (QED) is 0.733. The van der Waals surface area contributed by atoms with E-state index in [0.717, 1.165) is 4.68 Å². The first-order chi connectivity index (χ1) is 6.79. The fourth-order valence-corrected chi connectivity index (χ4v) is 1.16. The minimum atomic E-state index is -0.340. The molecule has 0 spiro atoms. The van der Waals surface area contributed by atoms with Crippen molar-refractivity contribution in [3.63, 3.8) is 0 Å². The predicted octanol–water partition coefficient (Wildman–Crippen LogP) is 1.28. The van der Waals surface area contributed by atoms with Crippen molar-refractivity contribution in [3.8, 4) is 5.88 Å². The van der Waals surface area contributed by atoms with E-state index in [-0.39, 0.29) is 11.8 Å². The lowest BCUT2D eigenvalue weighted by Crippen LogP contribution is -2.12. The number of carbonyl (C=O) groups is 1. The number of aromatic nitrogens is 2. The summed E-state index contributed by atoms with van der Waals surface area (Å²) < 4.78 is 0.954. The lowest BCUT2D eigenvalue weighted by atomic mass is 10.2.